The van der Waals surface area contributed by atoms with Gasteiger partial charge in [0.05, 0.1) is 19.9 Å². The van der Waals surface area contributed by atoms with Crippen LogP contribution < -0.4 is 19.7 Å². The summed E-state index contributed by atoms with van der Waals surface area (Å²) in [6.07, 6.45) is 2.52. The third-order valence-corrected chi connectivity index (χ3v) is 4.95. The predicted molar refractivity (Wildman–Crippen MR) is 111 cm³/mol. The smallest absolute Gasteiger partial charge is 0.274 e. The number of anilines is 3. The van der Waals surface area contributed by atoms with Crippen molar-refractivity contribution in [3.05, 3.63) is 66.0 Å². The number of hydrogen-bond acceptors (Lipinski definition) is 6. The number of carbonyl (C=O) groups is 1. The number of para-hydroxylation sites is 1. The molecule has 1 aromatic heterocycles. The second-order valence-electron chi connectivity index (χ2n) is 6.81. The minimum Gasteiger partial charge on any atom is -0.497 e. The summed E-state index contributed by atoms with van der Waals surface area (Å²) < 4.78 is 10.6. The van der Waals surface area contributed by atoms with Crippen LogP contribution in [0.25, 0.3) is 0 Å². The Bertz CT molecular complexity index is 1050. The zero-order valence-electron chi connectivity index (χ0n) is 16.5. The first-order valence-corrected chi connectivity index (χ1v) is 9.34. The van der Waals surface area contributed by atoms with Gasteiger partial charge in [-0.15, -0.1) is 0 Å². The van der Waals surface area contributed by atoms with E-state index in [1.54, 1.807) is 44.7 Å². The first kappa shape index (κ1) is 18.7. The number of hydrogen-bond donors (Lipinski definition) is 1. The molecule has 1 amide bonds. The summed E-state index contributed by atoms with van der Waals surface area (Å²) in [7, 11) is 3.12. The third kappa shape index (κ3) is 3.59. The molecule has 3 aromatic rings. The summed E-state index contributed by atoms with van der Waals surface area (Å²) in [5.41, 5.74) is 3.11. The fourth-order valence-electron chi connectivity index (χ4n) is 3.56. The zero-order chi connectivity index (χ0) is 20.4. The third-order valence-electron chi connectivity index (χ3n) is 4.95. The summed E-state index contributed by atoms with van der Waals surface area (Å²) in [6.45, 7) is 2.12. The van der Waals surface area contributed by atoms with Gasteiger partial charge in [0, 0.05) is 24.0 Å². The second-order valence-corrected chi connectivity index (χ2v) is 6.81. The van der Waals surface area contributed by atoms with Gasteiger partial charge in [-0.25, -0.2) is 9.97 Å². The number of rotatable bonds is 5. The SMILES string of the molecule is COc1ccc(OC)c(NC(=O)c2ccnc(N3c4ccccc4CC3C)n2)c1. The van der Waals surface area contributed by atoms with Crippen LogP contribution in [-0.2, 0) is 6.42 Å². The Balaban J connectivity index is 1.62. The number of methoxy groups -OCH3 is 2. The van der Waals surface area contributed by atoms with Crippen molar-refractivity contribution in [3.8, 4) is 11.5 Å². The van der Waals surface area contributed by atoms with E-state index < -0.39 is 0 Å². The van der Waals surface area contributed by atoms with Gasteiger partial charge in [0.1, 0.15) is 17.2 Å². The largest absolute Gasteiger partial charge is 0.497 e. The minimum absolute atomic E-state index is 0.212. The topological polar surface area (TPSA) is 76.6 Å². The molecule has 0 saturated carbocycles. The summed E-state index contributed by atoms with van der Waals surface area (Å²) in [4.78, 5) is 23.9. The molecule has 1 atom stereocenters. The van der Waals surface area contributed by atoms with E-state index in [1.807, 2.05) is 12.1 Å². The lowest BCUT2D eigenvalue weighted by Crippen LogP contribution is -2.27. The Hall–Kier alpha value is -3.61. The van der Waals surface area contributed by atoms with E-state index >= 15 is 0 Å². The van der Waals surface area contributed by atoms with Gasteiger partial charge in [0.2, 0.25) is 5.95 Å². The molecule has 1 unspecified atom stereocenters. The molecular formula is C22H22N4O3. The quantitative estimate of drug-likeness (QED) is 0.714. The highest BCUT2D eigenvalue weighted by atomic mass is 16.5. The number of nitrogens with zero attached hydrogens (tertiary/aromatic N) is 3. The average molecular weight is 390 g/mol. The standard InChI is InChI=1S/C22H22N4O3/c1-14-12-15-6-4-5-7-19(15)26(14)22-23-11-10-17(25-22)21(27)24-18-13-16(28-2)8-9-20(18)29-3/h4-11,13-14H,12H2,1-3H3,(H,24,27). The number of aromatic nitrogens is 2. The van der Waals surface area contributed by atoms with Crippen molar-refractivity contribution in [2.75, 3.05) is 24.4 Å². The lowest BCUT2D eigenvalue weighted by atomic mass is 10.1. The molecule has 0 spiro atoms. The monoisotopic (exact) mass is 390 g/mol. The molecule has 1 aliphatic rings. The lowest BCUT2D eigenvalue weighted by Gasteiger charge is -2.22. The van der Waals surface area contributed by atoms with Crippen molar-refractivity contribution in [2.45, 2.75) is 19.4 Å². The highest BCUT2D eigenvalue weighted by Gasteiger charge is 2.29. The van der Waals surface area contributed by atoms with Crippen molar-refractivity contribution in [1.82, 2.24) is 9.97 Å². The van der Waals surface area contributed by atoms with E-state index in [-0.39, 0.29) is 17.6 Å². The maximum absolute atomic E-state index is 12.9. The maximum Gasteiger partial charge on any atom is 0.274 e. The van der Waals surface area contributed by atoms with Crippen LogP contribution >= 0.6 is 0 Å². The van der Waals surface area contributed by atoms with Gasteiger partial charge in [0.25, 0.3) is 5.91 Å². The van der Waals surface area contributed by atoms with Gasteiger partial charge in [-0.3, -0.25) is 4.79 Å². The van der Waals surface area contributed by atoms with Crippen molar-refractivity contribution in [3.63, 3.8) is 0 Å². The van der Waals surface area contributed by atoms with Crippen LogP contribution in [0.3, 0.4) is 0 Å². The normalized spacial score (nSPS) is 15.0. The molecule has 4 rings (SSSR count). The number of fused-ring (bicyclic) bond motifs is 1. The molecule has 2 aromatic carbocycles. The Morgan fingerprint density at radius 3 is 2.76 bits per heavy atom. The van der Waals surface area contributed by atoms with Crippen molar-refractivity contribution in [1.29, 1.82) is 0 Å². The Morgan fingerprint density at radius 2 is 1.97 bits per heavy atom. The average Bonchev–Trinajstić information content (AvgIpc) is 3.09. The van der Waals surface area contributed by atoms with Gasteiger partial charge >= 0.3 is 0 Å². The Labute approximate surface area is 169 Å². The van der Waals surface area contributed by atoms with Crippen LogP contribution in [0.2, 0.25) is 0 Å². The highest BCUT2D eigenvalue weighted by molar-refractivity contribution is 6.04. The van der Waals surface area contributed by atoms with Gasteiger partial charge in [-0.2, -0.15) is 0 Å². The van der Waals surface area contributed by atoms with E-state index in [4.69, 9.17) is 9.47 Å². The van der Waals surface area contributed by atoms with E-state index in [1.165, 1.54) is 5.56 Å². The lowest BCUT2D eigenvalue weighted by molar-refractivity contribution is 0.102. The van der Waals surface area contributed by atoms with Gasteiger partial charge < -0.3 is 19.7 Å². The van der Waals surface area contributed by atoms with Crippen molar-refractivity contribution >= 4 is 23.2 Å². The molecule has 29 heavy (non-hydrogen) atoms. The van der Waals surface area contributed by atoms with Crippen molar-refractivity contribution < 1.29 is 14.3 Å². The van der Waals surface area contributed by atoms with Gasteiger partial charge in [-0.1, -0.05) is 18.2 Å². The van der Waals surface area contributed by atoms with Crippen LogP contribution in [0.15, 0.2) is 54.7 Å². The molecule has 0 saturated heterocycles. The first-order chi connectivity index (χ1) is 14.1. The van der Waals surface area contributed by atoms with E-state index in [9.17, 15) is 4.79 Å². The number of ether oxygens (including phenoxy) is 2. The molecule has 0 bridgehead atoms. The van der Waals surface area contributed by atoms with Gasteiger partial charge in [0.15, 0.2) is 0 Å². The molecule has 0 radical (unpaired) electrons. The number of amides is 1. The second kappa shape index (κ2) is 7.79. The van der Waals surface area contributed by atoms with Crippen molar-refractivity contribution in [2.24, 2.45) is 0 Å². The molecule has 1 aliphatic heterocycles. The number of carbonyl (C=O) groups excluding carboxylic acids is 1. The van der Waals surface area contributed by atoms with Crippen LogP contribution in [0.1, 0.15) is 23.0 Å². The Kier molecular flexibility index (Phi) is 5.03. The van der Waals surface area contributed by atoms with E-state index in [0.717, 1.165) is 12.1 Å². The molecule has 7 nitrogen and oxygen atoms in total. The van der Waals surface area contributed by atoms with Gasteiger partial charge in [-0.05, 0) is 43.2 Å². The first-order valence-electron chi connectivity index (χ1n) is 9.34. The fraction of sp³-hybridized carbons (Fsp3) is 0.227. The zero-order valence-corrected chi connectivity index (χ0v) is 16.5. The molecule has 148 valence electrons. The molecule has 1 N–H and O–H groups in total. The fourth-order valence-corrected chi connectivity index (χ4v) is 3.56. The summed E-state index contributed by atoms with van der Waals surface area (Å²) in [5, 5.41) is 2.85. The van der Waals surface area contributed by atoms with E-state index in [0.29, 0.717) is 23.1 Å². The summed E-state index contributed by atoms with van der Waals surface area (Å²) >= 11 is 0. The minimum atomic E-state index is -0.347. The molecular weight excluding hydrogens is 368 g/mol. The van der Waals surface area contributed by atoms with Crippen LogP contribution in [0.4, 0.5) is 17.3 Å². The number of nitrogens with one attached hydrogen (secondary N) is 1. The highest BCUT2D eigenvalue weighted by Crippen LogP contribution is 2.36. The molecule has 0 fully saturated rings. The maximum atomic E-state index is 12.9. The van der Waals surface area contributed by atoms with Crippen LogP contribution in [0, 0.1) is 0 Å². The van der Waals surface area contributed by atoms with Crippen LogP contribution in [-0.4, -0.2) is 36.1 Å². The van der Waals surface area contributed by atoms with E-state index in [2.05, 4.69) is 39.2 Å². The Morgan fingerprint density at radius 1 is 1.14 bits per heavy atom. The molecule has 7 heteroatoms. The molecule has 2 heterocycles. The summed E-state index contributed by atoms with van der Waals surface area (Å²) in [6, 6.07) is 15.2. The molecule has 0 aliphatic carbocycles. The predicted octanol–water partition coefficient (Wildman–Crippen LogP) is 3.83. The van der Waals surface area contributed by atoms with Crippen LogP contribution in [0.5, 0.6) is 11.5 Å². The number of benzene rings is 2. The summed E-state index contributed by atoms with van der Waals surface area (Å²) in [5.74, 6) is 1.32.